The van der Waals surface area contributed by atoms with Crippen LogP contribution in [-0.4, -0.2) is 26.5 Å². The Balaban J connectivity index is 1.81. The van der Waals surface area contributed by atoms with E-state index in [1.165, 1.54) is 5.57 Å². The molecule has 0 aliphatic heterocycles. The molecule has 0 fully saturated rings. The van der Waals surface area contributed by atoms with Gasteiger partial charge in [-0.15, -0.1) is 0 Å². The topological polar surface area (TPSA) is 63.6 Å². The Bertz CT molecular complexity index is 917. The zero-order valence-corrected chi connectivity index (χ0v) is 13.7. The average molecular weight is 317 g/mol. The molecular weight excluding hydrogens is 298 g/mol. The van der Waals surface area contributed by atoms with Gasteiger partial charge in [-0.2, -0.15) is 0 Å². The molecule has 1 aromatic carbocycles. The van der Waals surface area contributed by atoms with Crippen molar-refractivity contribution in [1.29, 1.82) is 0 Å². The average Bonchev–Trinajstić information content (AvgIpc) is 2.83. The number of aromatic nitrogens is 4. The second-order valence-corrected chi connectivity index (χ2v) is 5.85. The Hall–Kier alpha value is -2.82. The van der Waals surface area contributed by atoms with Crippen molar-refractivity contribution < 1.29 is 0 Å². The van der Waals surface area contributed by atoms with Gasteiger partial charge in [-0.05, 0) is 49.5 Å². The third kappa shape index (κ3) is 2.73. The SMILES string of the molecule is CCNc1ncc2c(n1)CCCC=C2c1ccc2nccnc2c1. The van der Waals surface area contributed by atoms with Crippen LogP contribution in [0.2, 0.25) is 0 Å². The van der Waals surface area contributed by atoms with Crippen molar-refractivity contribution in [3.8, 4) is 0 Å². The number of hydrogen-bond acceptors (Lipinski definition) is 5. The molecule has 0 radical (unpaired) electrons. The van der Waals surface area contributed by atoms with Gasteiger partial charge in [-0.1, -0.05) is 12.1 Å². The lowest BCUT2D eigenvalue weighted by Crippen LogP contribution is -2.06. The highest BCUT2D eigenvalue weighted by Gasteiger charge is 2.16. The molecule has 0 saturated heterocycles. The highest BCUT2D eigenvalue weighted by Crippen LogP contribution is 2.31. The first-order valence-electron chi connectivity index (χ1n) is 8.36. The number of nitrogens with zero attached hydrogens (tertiary/aromatic N) is 4. The van der Waals surface area contributed by atoms with Crippen LogP contribution in [0.25, 0.3) is 16.6 Å². The Morgan fingerprint density at radius 1 is 1.08 bits per heavy atom. The fraction of sp³-hybridized carbons (Fsp3) is 0.263. The molecule has 2 aromatic heterocycles. The van der Waals surface area contributed by atoms with Crippen LogP contribution in [-0.2, 0) is 6.42 Å². The molecule has 2 heterocycles. The highest BCUT2D eigenvalue weighted by molar-refractivity contribution is 5.86. The summed E-state index contributed by atoms with van der Waals surface area (Å²) in [6.07, 6.45) is 10.8. The van der Waals surface area contributed by atoms with Crippen LogP contribution in [0.1, 0.15) is 36.6 Å². The van der Waals surface area contributed by atoms with Crippen LogP contribution in [0.15, 0.2) is 42.9 Å². The Morgan fingerprint density at radius 2 is 1.96 bits per heavy atom. The van der Waals surface area contributed by atoms with Gasteiger partial charge in [0.2, 0.25) is 5.95 Å². The van der Waals surface area contributed by atoms with Gasteiger partial charge < -0.3 is 5.32 Å². The van der Waals surface area contributed by atoms with E-state index in [-0.39, 0.29) is 0 Å². The molecule has 0 atom stereocenters. The monoisotopic (exact) mass is 317 g/mol. The molecule has 1 aliphatic carbocycles. The molecule has 0 spiro atoms. The first-order chi connectivity index (χ1) is 11.8. The summed E-state index contributed by atoms with van der Waals surface area (Å²) in [7, 11) is 0. The van der Waals surface area contributed by atoms with Gasteiger partial charge >= 0.3 is 0 Å². The molecule has 5 nitrogen and oxygen atoms in total. The van der Waals surface area contributed by atoms with Crippen molar-refractivity contribution in [2.75, 3.05) is 11.9 Å². The van der Waals surface area contributed by atoms with E-state index in [1.807, 2.05) is 12.3 Å². The molecule has 0 amide bonds. The molecule has 3 aromatic rings. The van der Waals surface area contributed by atoms with Gasteiger partial charge in [0, 0.05) is 30.7 Å². The van der Waals surface area contributed by atoms with Crippen molar-refractivity contribution in [3.63, 3.8) is 0 Å². The number of nitrogens with one attached hydrogen (secondary N) is 1. The fourth-order valence-corrected chi connectivity index (χ4v) is 3.11. The van der Waals surface area contributed by atoms with Gasteiger partial charge in [0.25, 0.3) is 0 Å². The summed E-state index contributed by atoms with van der Waals surface area (Å²) in [5, 5.41) is 3.20. The summed E-state index contributed by atoms with van der Waals surface area (Å²) < 4.78 is 0. The summed E-state index contributed by atoms with van der Waals surface area (Å²) >= 11 is 0. The number of aryl methyl sites for hydroxylation is 1. The van der Waals surface area contributed by atoms with E-state index in [9.17, 15) is 0 Å². The summed E-state index contributed by atoms with van der Waals surface area (Å²) in [5.74, 6) is 0.710. The van der Waals surface area contributed by atoms with Crippen molar-refractivity contribution in [1.82, 2.24) is 19.9 Å². The van der Waals surface area contributed by atoms with Crippen molar-refractivity contribution in [2.45, 2.75) is 26.2 Å². The Kier molecular flexibility index (Phi) is 3.91. The second-order valence-electron chi connectivity index (χ2n) is 5.85. The molecule has 0 bridgehead atoms. The third-order valence-corrected chi connectivity index (χ3v) is 4.24. The summed E-state index contributed by atoms with van der Waals surface area (Å²) in [5.41, 5.74) is 6.40. The zero-order chi connectivity index (χ0) is 16.4. The van der Waals surface area contributed by atoms with Crippen LogP contribution in [0.4, 0.5) is 5.95 Å². The number of fused-ring (bicyclic) bond motifs is 2. The molecule has 0 unspecified atom stereocenters. The minimum absolute atomic E-state index is 0.710. The molecule has 0 saturated carbocycles. The summed E-state index contributed by atoms with van der Waals surface area (Å²) in [6, 6.07) is 6.23. The lowest BCUT2D eigenvalue weighted by atomic mass is 9.97. The number of hydrogen-bond donors (Lipinski definition) is 1. The highest BCUT2D eigenvalue weighted by atomic mass is 15.1. The second kappa shape index (κ2) is 6.35. The van der Waals surface area contributed by atoms with E-state index in [0.29, 0.717) is 5.95 Å². The van der Waals surface area contributed by atoms with Crippen LogP contribution in [0.5, 0.6) is 0 Å². The zero-order valence-electron chi connectivity index (χ0n) is 13.7. The number of allylic oxidation sites excluding steroid dienone is 1. The van der Waals surface area contributed by atoms with Crippen LogP contribution in [0.3, 0.4) is 0 Å². The normalized spacial score (nSPS) is 14.0. The largest absolute Gasteiger partial charge is 0.354 e. The summed E-state index contributed by atoms with van der Waals surface area (Å²) in [4.78, 5) is 18.0. The standard InChI is InChI=1S/C19H19N5/c1-2-20-19-23-12-15-14(5-3-4-6-16(15)24-19)13-7-8-17-18(11-13)22-10-9-21-17/h5,7-12H,2-4,6H2,1H3,(H,20,23,24). The maximum absolute atomic E-state index is 4.71. The molecule has 5 heteroatoms. The lowest BCUT2D eigenvalue weighted by molar-refractivity contribution is 0.821. The van der Waals surface area contributed by atoms with Crippen LogP contribution < -0.4 is 5.32 Å². The first-order valence-corrected chi connectivity index (χ1v) is 8.36. The van der Waals surface area contributed by atoms with E-state index in [1.54, 1.807) is 12.4 Å². The predicted molar refractivity (Wildman–Crippen MR) is 95.8 cm³/mol. The molecule has 24 heavy (non-hydrogen) atoms. The maximum Gasteiger partial charge on any atom is 0.222 e. The Labute approximate surface area is 140 Å². The summed E-state index contributed by atoms with van der Waals surface area (Å²) in [6.45, 7) is 2.88. The fourth-order valence-electron chi connectivity index (χ4n) is 3.11. The molecule has 1 N–H and O–H groups in total. The number of rotatable bonds is 3. The number of anilines is 1. The van der Waals surface area contributed by atoms with E-state index in [0.717, 1.165) is 53.7 Å². The third-order valence-electron chi connectivity index (χ3n) is 4.24. The van der Waals surface area contributed by atoms with Gasteiger partial charge in [0.1, 0.15) is 0 Å². The molecule has 120 valence electrons. The minimum atomic E-state index is 0.710. The number of benzene rings is 1. The first kappa shape index (κ1) is 14.8. The van der Waals surface area contributed by atoms with E-state index in [4.69, 9.17) is 4.98 Å². The van der Waals surface area contributed by atoms with Crippen molar-refractivity contribution >= 4 is 22.6 Å². The lowest BCUT2D eigenvalue weighted by Gasteiger charge is -2.12. The van der Waals surface area contributed by atoms with Gasteiger partial charge in [-0.25, -0.2) is 9.97 Å². The van der Waals surface area contributed by atoms with Crippen molar-refractivity contribution in [3.05, 3.63) is 59.7 Å². The van der Waals surface area contributed by atoms with E-state index >= 15 is 0 Å². The van der Waals surface area contributed by atoms with E-state index in [2.05, 4.69) is 45.4 Å². The van der Waals surface area contributed by atoms with Gasteiger partial charge in [0.15, 0.2) is 0 Å². The smallest absolute Gasteiger partial charge is 0.222 e. The van der Waals surface area contributed by atoms with Crippen LogP contribution in [0, 0.1) is 0 Å². The van der Waals surface area contributed by atoms with Crippen molar-refractivity contribution in [2.24, 2.45) is 0 Å². The minimum Gasteiger partial charge on any atom is -0.354 e. The van der Waals surface area contributed by atoms with Gasteiger partial charge in [-0.3, -0.25) is 9.97 Å². The molecular formula is C19H19N5. The van der Waals surface area contributed by atoms with E-state index < -0.39 is 0 Å². The maximum atomic E-state index is 4.71. The van der Waals surface area contributed by atoms with Crippen LogP contribution >= 0.6 is 0 Å². The predicted octanol–water partition coefficient (Wildman–Crippen LogP) is 3.62. The van der Waals surface area contributed by atoms with Gasteiger partial charge in [0.05, 0.1) is 16.7 Å². The Morgan fingerprint density at radius 3 is 2.83 bits per heavy atom. The molecule has 1 aliphatic rings. The quantitative estimate of drug-likeness (QED) is 0.799. The molecule has 4 rings (SSSR count).